The molecule has 0 bridgehead atoms. The van der Waals surface area contributed by atoms with Gasteiger partial charge >= 0.3 is 0 Å². The summed E-state index contributed by atoms with van der Waals surface area (Å²) < 4.78 is 0. The normalized spacial score (nSPS) is 11.6. The van der Waals surface area contributed by atoms with E-state index in [4.69, 9.17) is 10.8 Å². The van der Waals surface area contributed by atoms with Gasteiger partial charge in [-0.15, -0.1) is 0 Å². The molecule has 64 valence electrons. The van der Waals surface area contributed by atoms with Crippen LogP contribution < -0.4 is 5.73 Å². The Morgan fingerprint density at radius 2 is 2.27 bits per heavy atom. The van der Waals surface area contributed by atoms with Crippen LogP contribution in [0.3, 0.4) is 0 Å². The smallest absolute Gasteiger partial charge is 0.244 e. The number of carbonyl (C=O) groups is 1. The summed E-state index contributed by atoms with van der Waals surface area (Å²) >= 11 is 0. The summed E-state index contributed by atoms with van der Waals surface area (Å²) in [6.07, 6.45) is 4.11. The third-order valence-corrected chi connectivity index (χ3v) is 1.45. The van der Waals surface area contributed by atoms with Crippen molar-refractivity contribution in [3.63, 3.8) is 0 Å². The highest BCUT2D eigenvalue weighted by molar-refractivity contribution is 5.91. The highest BCUT2D eigenvalue weighted by Gasteiger charge is 2.01. The largest absolute Gasteiger partial charge is 0.392 e. The quantitative estimate of drug-likeness (QED) is 0.573. The minimum absolute atomic E-state index is 0.109. The van der Waals surface area contributed by atoms with Crippen LogP contribution in [0.4, 0.5) is 0 Å². The predicted molar refractivity (Wildman–Crippen MR) is 43.9 cm³/mol. The molecule has 0 aromatic carbocycles. The van der Waals surface area contributed by atoms with Gasteiger partial charge < -0.3 is 10.8 Å². The molecule has 11 heavy (non-hydrogen) atoms. The van der Waals surface area contributed by atoms with E-state index in [1.165, 1.54) is 6.08 Å². The molecule has 0 aliphatic carbocycles. The summed E-state index contributed by atoms with van der Waals surface area (Å²) in [5, 5.41) is 8.50. The average molecular weight is 157 g/mol. The molecule has 0 rings (SSSR count). The van der Waals surface area contributed by atoms with Crippen LogP contribution in [0.25, 0.3) is 0 Å². The fraction of sp³-hybridized carbons (Fsp3) is 0.625. The van der Waals surface area contributed by atoms with Crippen molar-refractivity contribution in [3.05, 3.63) is 11.6 Å². The van der Waals surface area contributed by atoms with Crippen molar-refractivity contribution in [1.29, 1.82) is 0 Å². The van der Waals surface area contributed by atoms with E-state index < -0.39 is 5.91 Å². The molecule has 0 aliphatic heterocycles. The van der Waals surface area contributed by atoms with Gasteiger partial charge in [0.25, 0.3) is 0 Å². The van der Waals surface area contributed by atoms with Gasteiger partial charge in [-0.25, -0.2) is 0 Å². The number of aliphatic hydroxyl groups is 1. The van der Waals surface area contributed by atoms with Crippen molar-refractivity contribution in [1.82, 2.24) is 0 Å². The number of primary amides is 1. The molecule has 0 saturated heterocycles. The zero-order valence-corrected chi connectivity index (χ0v) is 6.84. The lowest BCUT2D eigenvalue weighted by Gasteiger charge is -1.99. The molecule has 0 aliphatic rings. The third kappa shape index (κ3) is 4.56. The fourth-order valence-electron chi connectivity index (χ4n) is 0.803. The topological polar surface area (TPSA) is 63.3 Å². The van der Waals surface area contributed by atoms with E-state index in [1.54, 1.807) is 0 Å². The Kier molecular flexibility index (Phi) is 5.47. The maximum absolute atomic E-state index is 10.6. The van der Waals surface area contributed by atoms with E-state index in [1.807, 2.05) is 6.92 Å². The van der Waals surface area contributed by atoms with Crippen LogP contribution in [0.5, 0.6) is 0 Å². The highest BCUT2D eigenvalue weighted by atomic mass is 16.2. The van der Waals surface area contributed by atoms with Crippen molar-refractivity contribution < 1.29 is 9.90 Å². The van der Waals surface area contributed by atoms with Crippen LogP contribution in [0, 0.1) is 0 Å². The number of hydrogen-bond acceptors (Lipinski definition) is 2. The van der Waals surface area contributed by atoms with E-state index in [9.17, 15) is 4.79 Å². The average Bonchev–Trinajstić information content (AvgIpc) is 1.97. The second-order valence-electron chi connectivity index (χ2n) is 2.38. The van der Waals surface area contributed by atoms with Gasteiger partial charge in [0, 0.05) is 5.57 Å². The Labute approximate surface area is 66.9 Å². The zero-order valence-electron chi connectivity index (χ0n) is 6.84. The van der Waals surface area contributed by atoms with Gasteiger partial charge in [0.15, 0.2) is 0 Å². The first-order valence-electron chi connectivity index (χ1n) is 3.82. The molecule has 1 amide bonds. The summed E-state index contributed by atoms with van der Waals surface area (Å²) in [5.41, 5.74) is 5.58. The molecule has 0 aromatic heterocycles. The van der Waals surface area contributed by atoms with Gasteiger partial charge in [0.05, 0.1) is 6.61 Å². The minimum atomic E-state index is -0.424. The molecule has 0 aromatic rings. The fourth-order valence-corrected chi connectivity index (χ4v) is 0.803. The molecule has 3 heteroatoms. The molecule has 0 saturated carbocycles. The Bertz CT molecular complexity index is 152. The first kappa shape index (κ1) is 10.2. The Hall–Kier alpha value is -0.830. The van der Waals surface area contributed by atoms with Crippen molar-refractivity contribution in [2.24, 2.45) is 5.73 Å². The van der Waals surface area contributed by atoms with Crippen LogP contribution in [0.15, 0.2) is 11.6 Å². The molecule has 0 radical (unpaired) electrons. The lowest BCUT2D eigenvalue weighted by Crippen LogP contribution is -2.14. The molecule has 3 nitrogen and oxygen atoms in total. The molecule has 0 spiro atoms. The number of amides is 1. The van der Waals surface area contributed by atoms with E-state index in [0.717, 1.165) is 12.8 Å². The maximum Gasteiger partial charge on any atom is 0.244 e. The van der Waals surface area contributed by atoms with Crippen molar-refractivity contribution >= 4 is 5.91 Å². The lowest BCUT2D eigenvalue weighted by molar-refractivity contribution is -0.114. The molecule has 0 heterocycles. The van der Waals surface area contributed by atoms with Crippen LogP contribution in [0.2, 0.25) is 0 Å². The van der Waals surface area contributed by atoms with Gasteiger partial charge in [0.2, 0.25) is 5.91 Å². The van der Waals surface area contributed by atoms with Gasteiger partial charge in [-0.1, -0.05) is 19.4 Å². The molecule has 3 N–H and O–H groups in total. The molecular formula is C8H15NO2. The molecule has 0 fully saturated rings. The van der Waals surface area contributed by atoms with Crippen LogP contribution in [-0.4, -0.2) is 17.6 Å². The van der Waals surface area contributed by atoms with E-state index in [-0.39, 0.29) is 6.61 Å². The first-order valence-corrected chi connectivity index (χ1v) is 3.82. The van der Waals surface area contributed by atoms with E-state index >= 15 is 0 Å². The number of unbranched alkanes of at least 4 members (excludes halogenated alkanes) is 1. The van der Waals surface area contributed by atoms with Crippen molar-refractivity contribution in [3.8, 4) is 0 Å². The number of hydrogen-bond donors (Lipinski definition) is 2. The molecule has 0 atom stereocenters. The lowest BCUT2D eigenvalue weighted by atomic mass is 10.1. The number of rotatable bonds is 5. The minimum Gasteiger partial charge on any atom is -0.392 e. The third-order valence-electron chi connectivity index (χ3n) is 1.45. The van der Waals surface area contributed by atoms with E-state index in [2.05, 4.69) is 0 Å². The number of nitrogens with two attached hydrogens (primary N) is 1. The van der Waals surface area contributed by atoms with Crippen LogP contribution >= 0.6 is 0 Å². The second-order valence-corrected chi connectivity index (χ2v) is 2.38. The Morgan fingerprint density at radius 3 is 2.64 bits per heavy atom. The second kappa shape index (κ2) is 5.92. The maximum atomic E-state index is 10.6. The van der Waals surface area contributed by atoms with Crippen molar-refractivity contribution in [2.75, 3.05) is 6.61 Å². The summed E-state index contributed by atoms with van der Waals surface area (Å²) in [5.74, 6) is -0.424. The van der Waals surface area contributed by atoms with Crippen molar-refractivity contribution in [2.45, 2.75) is 26.2 Å². The van der Waals surface area contributed by atoms with Gasteiger partial charge in [-0.3, -0.25) is 4.79 Å². The predicted octanol–water partition coefficient (Wildman–Crippen LogP) is 0.581. The van der Waals surface area contributed by atoms with Gasteiger partial charge in [-0.2, -0.15) is 0 Å². The zero-order chi connectivity index (χ0) is 8.69. The van der Waals surface area contributed by atoms with Crippen LogP contribution in [0.1, 0.15) is 26.2 Å². The highest BCUT2D eigenvalue weighted by Crippen LogP contribution is 2.05. The Morgan fingerprint density at radius 1 is 1.64 bits per heavy atom. The number of carbonyl (C=O) groups excluding carboxylic acids is 1. The molecular weight excluding hydrogens is 142 g/mol. The van der Waals surface area contributed by atoms with Gasteiger partial charge in [0.1, 0.15) is 0 Å². The summed E-state index contributed by atoms with van der Waals surface area (Å²) in [6.45, 7) is 1.93. The van der Waals surface area contributed by atoms with Crippen LogP contribution in [-0.2, 0) is 4.79 Å². The van der Waals surface area contributed by atoms with Gasteiger partial charge in [-0.05, 0) is 12.8 Å². The monoisotopic (exact) mass is 157 g/mol. The number of aliphatic hydroxyl groups excluding tert-OH is 1. The summed E-state index contributed by atoms with van der Waals surface area (Å²) in [4.78, 5) is 10.6. The first-order chi connectivity index (χ1) is 5.22. The SMILES string of the molecule is CCCCC(=CCO)C(N)=O. The molecule has 0 unspecified atom stereocenters. The van der Waals surface area contributed by atoms with E-state index in [0.29, 0.717) is 12.0 Å². The summed E-state index contributed by atoms with van der Waals surface area (Å²) in [6, 6.07) is 0. The Balaban J connectivity index is 3.90. The standard InChI is InChI=1S/C8H15NO2/c1-2-3-4-7(5-6-10)8(9)11/h5,10H,2-4,6H2,1H3,(H2,9,11). The summed E-state index contributed by atoms with van der Waals surface area (Å²) in [7, 11) is 0.